The number of alkyl halides is 1. The Morgan fingerprint density at radius 3 is 2.81 bits per heavy atom. The fraction of sp³-hybridized carbons (Fsp3) is 0.235. The number of hydrogen-bond acceptors (Lipinski definition) is 2. The normalized spacial score (nSPS) is 11.0. The van der Waals surface area contributed by atoms with Crippen molar-refractivity contribution >= 4 is 26.7 Å². The summed E-state index contributed by atoms with van der Waals surface area (Å²) in [5.74, 6) is 0.926. The van der Waals surface area contributed by atoms with Crippen molar-refractivity contribution in [3.63, 3.8) is 0 Å². The Hall–Kier alpha value is -1.81. The van der Waals surface area contributed by atoms with Crippen LogP contribution in [0.3, 0.4) is 0 Å². The van der Waals surface area contributed by atoms with Crippen LogP contribution in [0, 0.1) is 0 Å². The van der Waals surface area contributed by atoms with Crippen LogP contribution in [0.15, 0.2) is 48.8 Å². The first-order valence-electron chi connectivity index (χ1n) is 7.02. The van der Waals surface area contributed by atoms with E-state index in [1.54, 1.807) is 0 Å². The molecule has 0 amide bonds. The second kappa shape index (κ2) is 6.31. The van der Waals surface area contributed by atoms with E-state index >= 15 is 0 Å². The minimum atomic E-state index is 0.540. The van der Waals surface area contributed by atoms with Crippen molar-refractivity contribution in [2.45, 2.75) is 25.4 Å². The summed E-state index contributed by atoms with van der Waals surface area (Å²) in [6.45, 7) is 3.49. The minimum Gasteiger partial charge on any atom is -0.488 e. The predicted molar refractivity (Wildman–Crippen MR) is 88.8 cm³/mol. The van der Waals surface area contributed by atoms with E-state index in [-0.39, 0.29) is 0 Å². The average molecular weight is 345 g/mol. The van der Waals surface area contributed by atoms with Crippen LogP contribution in [0.1, 0.15) is 18.1 Å². The number of rotatable bonds is 5. The SMILES string of the molecule is CCn1cc(COc2ccc3ccccc3c2CBr)cn1. The second-order valence-corrected chi connectivity index (χ2v) is 5.45. The van der Waals surface area contributed by atoms with Crippen molar-refractivity contribution in [2.24, 2.45) is 0 Å². The lowest BCUT2D eigenvalue weighted by Gasteiger charge is -2.12. The van der Waals surface area contributed by atoms with Gasteiger partial charge in [-0.25, -0.2) is 0 Å². The highest BCUT2D eigenvalue weighted by atomic mass is 79.9. The number of hydrogen-bond donors (Lipinski definition) is 0. The van der Waals surface area contributed by atoms with Crippen molar-refractivity contribution in [3.05, 3.63) is 59.9 Å². The molecule has 0 saturated carbocycles. The molecule has 0 aliphatic heterocycles. The van der Waals surface area contributed by atoms with Gasteiger partial charge in [-0.2, -0.15) is 5.10 Å². The molecule has 0 radical (unpaired) electrons. The number of aryl methyl sites for hydroxylation is 1. The molecule has 0 unspecified atom stereocenters. The monoisotopic (exact) mass is 344 g/mol. The molecule has 3 aromatic rings. The molecular weight excluding hydrogens is 328 g/mol. The van der Waals surface area contributed by atoms with E-state index < -0.39 is 0 Å². The zero-order valence-electron chi connectivity index (χ0n) is 11.9. The number of halogens is 1. The van der Waals surface area contributed by atoms with E-state index in [2.05, 4.69) is 58.3 Å². The fourth-order valence-corrected chi connectivity index (χ4v) is 2.98. The lowest BCUT2D eigenvalue weighted by molar-refractivity contribution is 0.304. The number of fused-ring (bicyclic) bond motifs is 1. The maximum atomic E-state index is 6.00. The van der Waals surface area contributed by atoms with Crippen molar-refractivity contribution < 1.29 is 4.74 Å². The van der Waals surface area contributed by atoms with Gasteiger partial charge >= 0.3 is 0 Å². The third-order valence-electron chi connectivity index (χ3n) is 3.54. The molecule has 1 aromatic heterocycles. The maximum Gasteiger partial charge on any atom is 0.124 e. The quantitative estimate of drug-likeness (QED) is 0.635. The highest BCUT2D eigenvalue weighted by molar-refractivity contribution is 9.08. The zero-order valence-corrected chi connectivity index (χ0v) is 13.5. The topological polar surface area (TPSA) is 27.1 Å². The summed E-state index contributed by atoms with van der Waals surface area (Å²) in [6.07, 6.45) is 3.88. The lowest BCUT2D eigenvalue weighted by Crippen LogP contribution is -1.98. The van der Waals surface area contributed by atoms with Gasteiger partial charge in [0, 0.05) is 29.2 Å². The summed E-state index contributed by atoms with van der Waals surface area (Å²) >= 11 is 3.57. The Morgan fingerprint density at radius 2 is 2.05 bits per heavy atom. The van der Waals surface area contributed by atoms with Crippen LogP contribution in [0.2, 0.25) is 0 Å². The van der Waals surface area contributed by atoms with Crippen molar-refractivity contribution in [2.75, 3.05) is 0 Å². The molecule has 0 spiro atoms. The van der Waals surface area contributed by atoms with Gasteiger partial charge in [-0.1, -0.05) is 46.3 Å². The molecule has 0 atom stereocenters. The van der Waals surface area contributed by atoms with Crippen molar-refractivity contribution in [3.8, 4) is 5.75 Å². The van der Waals surface area contributed by atoms with Crippen LogP contribution in [-0.4, -0.2) is 9.78 Å². The fourth-order valence-electron chi connectivity index (χ4n) is 2.40. The largest absolute Gasteiger partial charge is 0.488 e. The van der Waals surface area contributed by atoms with Gasteiger partial charge in [-0.15, -0.1) is 0 Å². The molecule has 2 aromatic carbocycles. The Morgan fingerprint density at radius 1 is 1.19 bits per heavy atom. The number of ether oxygens (including phenoxy) is 1. The molecule has 0 aliphatic rings. The average Bonchev–Trinajstić information content (AvgIpc) is 3.00. The molecule has 4 heteroatoms. The van der Waals surface area contributed by atoms with Gasteiger partial charge in [0.2, 0.25) is 0 Å². The Labute approximate surface area is 132 Å². The Bertz CT molecular complexity index is 751. The summed E-state index contributed by atoms with van der Waals surface area (Å²) in [6, 6.07) is 12.5. The molecule has 108 valence electrons. The highest BCUT2D eigenvalue weighted by Crippen LogP contribution is 2.30. The summed E-state index contributed by atoms with van der Waals surface area (Å²) in [7, 11) is 0. The summed E-state index contributed by atoms with van der Waals surface area (Å²) in [4.78, 5) is 0. The second-order valence-electron chi connectivity index (χ2n) is 4.89. The van der Waals surface area contributed by atoms with Gasteiger partial charge in [-0.05, 0) is 23.8 Å². The van der Waals surface area contributed by atoms with Gasteiger partial charge < -0.3 is 4.74 Å². The molecule has 0 N–H and O–H groups in total. The van der Waals surface area contributed by atoms with Crippen LogP contribution in [0.4, 0.5) is 0 Å². The molecular formula is C17H17BrN2O. The summed E-state index contributed by atoms with van der Waals surface area (Å²) in [5, 5.41) is 7.51. The number of benzene rings is 2. The van der Waals surface area contributed by atoms with Crippen LogP contribution in [0.25, 0.3) is 10.8 Å². The molecule has 3 rings (SSSR count). The lowest BCUT2D eigenvalue weighted by atomic mass is 10.0. The molecule has 21 heavy (non-hydrogen) atoms. The van der Waals surface area contributed by atoms with Crippen LogP contribution >= 0.6 is 15.9 Å². The van der Waals surface area contributed by atoms with E-state index in [0.29, 0.717) is 6.61 Å². The maximum absolute atomic E-state index is 6.00. The van der Waals surface area contributed by atoms with Gasteiger partial charge in [0.1, 0.15) is 12.4 Å². The predicted octanol–water partition coefficient (Wildman–Crippen LogP) is 4.53. The Balaban J connectivity index is 1.86. The van der Waals surface area contributed by atoms with Gasteiger partial charge in [0.15, 0.2) is 0 Å². The Kier molecular flexibility index (Phi) is 4.25. The van der Waals surface area contributed by atoms with E-state index in [4.69, 9.17) is 4.74 Å². The standard InChI is InChI=1S/C17H17BrN2O/c1-2-20-11-13(10-19-20)12-21-17-8-7-14-5-3-4-6-15(14)16(17)9-18/h3-8,10-11H,2,9,12H2,1H3. The van der Waals surface area contributed by atoms with Crippen molar-refractivity contribution in [1.29, 1.82) is 0 Å². The molecule has 0 bridgehead atoms. The van der Waals surface area contributed by atoms with E-state index in [0.717, 1.165) is 23.2 Å². The van der Waals surface area contributed by atoms with E-state index in [9.17, 15) is 0 Å². The van der Waals surface area contributed by atoms with Crippen LogP contribution < -0.4 is 4.74 Å². The van der Waals surface area contributed by atoms with Gasteiger partial charge in [0.25, 0.3) is 0 Å². The van der Waals surface area contributed by atoms with Gasteiger partial charge in [0.05, 0.1) is 6.20 Å². The number of aromatic nitrogens is 2. The third-order valence-corrected chi connectivity index (χ3v) is 4.10. The molecule has 0 aliphatic carbocycles. The number of nitrogens with zero attached hydrogens (tertiary/aromatic N) is 2. The smallest absolute Gasteiger partial charge is 0.124 e. The van der Waals surface area contributed by atoms with Crippen LogP contribution in [-0.2, 0) is 18.5 Å². The summed E-state index contributed by atoms with van der Waals surface area (Å²) in [5.41, 5.74) is 2.28. The van der Waals surface area contributed by atoms with E-state index in [1.807, 2.05) is 23.1 Å². The highest BCUT2D eigenvalue weighted by Gasteiger charge is 2.08. The van der Waals surface area contributed by atoms with E-state index in [1.165, 1.54) is 16.3 Å². The zero-order chi connectivity index (χ0) is 14.7. The molecule has 3 nitrogen and oxygen atoms in total. The molecule has 1 heterocycles. The van der Waals surface area contributed by atoms with Crippen molar-refractivity contribution in [1.82, 2.24) is 9.78 Å². The van der Waals surface area contributed by atoms with Gasteiger partial charge in [-0.3, -0.25) is 4.68 Å². The first-order valence-corrected chi connectivity index (χ1v) is 8.14. The summed E-state index contributed by atoms with van der Waals surface area (Å²) < 4.78 is 7.90. The minimum absolute atomic E-state index is 0.540. The molecule has 0 saturated heterocycles. The third kappa shape index (κ3) is 2.95. The first-order chi connectivity index (χ1) is 10.3. The van der Waals surface area contributed by atoms with Crippen LogP contribution in [0.5, 0.6) is 5.75 Å². The first kappa shape index (κ1) is 14.1. The molecule has 0 fully saturated rings.